The van der Waals surface area contributed by atoms with Gasteiger partial charge in [-0.2, -0.15) is 0 Å². The van der Waals surface area contributed by atoms with Crippen LogP contribution >= 0.6 is 0 Å². The number of hydrogen-bond donors (Lipinski definition) is 0. The van der Waals surface area contributed by atoms with Crippen LogP contribution < -0.4 is 0 Å². The zero-order valence-corrected chi connectivity index (χ0v) is 12.1. The number of ether oxygens (including phenoxy) is 1. The van der Waals surface area contributed by atoms with Crippen LogP contribution in [-0.2, 0) is 9.53 Å². The maximum Gasteiger partial charge on any atom is 0.160 e. The van der Waals surface area contributed by atoms with E-state index in [4.69, 9.17) is 4.74 Å². The second kappa shape index (κ2) is 4.40. The van der Waals surface area contributed by atoms with E-state index in [9.17, 15) is 4.79 Å². The summed E-state index contributed by atoms with van der Waals surface area (Å²) in [6.07, 6.45) is 14.2. The molecule has 1 saturated heterocycles. The number of ketones is 1. The first kappa shape index (κ1) is 12.4. The smallest absolute Gasteiger partial charge is 0.160 e. The molecule has 0 saturated carbocycles. The van der Waals surface area contributed by atoms with E-state index in [1.807, 2.05) is 12.1 Å². The minimum Gasteiger partial charge on any atom is -0.366 e. The molecule has 2 nitrogen and oxygen atoms in total. The van der Waals surface area contributed by atoms with Gasteiger partial charge in [-0.05, 0) is 22.8 Å². The van der Waals surface area contributed by atoms with Crippen molar-refractivity contribution >= 4 is 11.9 Å². The maximum atomic E-state index is 12.7. The summed E-state index contributed by atoms with van der Waals surface area (Å²) >= 11 is 0. The van der Waals surface area contributed by atoms with Crippen LogP contribution in [0.2, 0.25) is 0 Å². The molecule has 22 heavy (non-hydrogen) atoms. The molecule has 0 aromatic heterocycles. The average Bonchev–Trinajstić information content (AvgIpc) is 2.57. The molecule has 0 radical (unpaired) electrons. The molecule has 3 aliphatic carbocycles. The van der Waals surface area contributed by atoms with Gasteiger partial charge in [0.1, 0.15) is 0 Å². The molecule has 0 spiro atoms. The molecule has 4 aliphatic rings. The van der Waals surface area contributed by atoms with Gasteiger partial charge in [0.25, 0.3) is 0 Å². The van der Waals surface area contributed by atoms with Gasteiger partial charge in [0.15, 0.2) is 5.78 Å². The summed E-state index contributed by atoms with van der Waals surface area (Å²) in [5.74, 6) is 0.500. The molecule has 5 rings (SSSR count). The summed E-state index contributed by atoms with van der Waals surface area (Å²) in [5, 5.41) is 0. The van der Waals surface area contributed by atoms with Crippen molar-refractivity contribution in [2.75, 3.05) is 0 Å². The van der Waals surface area contributed by atoms with Gasteiger partial charge in [-0.1, -0.05) is 60.7 Å². The highest BCUT2D eigenvalue weighted by molar-refractivity contribution is 5.95. The van der Waals surface area contributed by atoms with Crippen LogP contribution in [-0.4, -0.2) is 18.0 Å². The summed E-state index contributed by atoms with van der Waals surface area (Å²) in [6.45, 7) is 0. The third-order valence-electron chi connectivity index (χ3n) is 5.36. The second-order valence-corrected chi connectivity index (χ2v) is 6.42. The van der Waals surface area contributed by atoms with Gasteiger partial charge in [0.2, 0.25) is 0 Å². The number of allylic oxidation sites excluding steroid dienone is 4. The molecular weight excluding hydrogens is 272 g/mol. The Labute approximate surface area is 129 Å². The Hall–Kier alpha value is -2.19. The van der Waals surface area contributed by atoms with Gasteiger partial charge in [-0.25, -0.2) is 0 Å². The molecule has 1 aromatic carbocycles. The van der Waals surface area contributed by atoms with Gasteiger partial charge in [-0.3, -0.25) is 4.79 Å². The first-order chi connectivity index (χ1) is 10.8. The Bertz CT molecular complexity index is 781. The number of carbonyl (C=O) groups is 1. The third-order valence-corrected chi connectivity index (χ3v) is 5.36. The van der Waals surface area contributed by atoms with E-state index < -0.39 is 0 Å². The molecule has 1 fully saturated rings. The van der Waals surface area contributed by atoms with E-state index in [-0.39, 0.29) is 35.7 Å². The zero-order chi connectivity index (χ0) is 14.7. The van der Waals surface area contributed by atoms with Gasteiger partial charge in [0.05, 0.1) is 12.2 Å². The van der Waals surface area contributed by atoms with E-state index in [2.05, 4.69) is 48.6 Å². The van der Waals surface area contributed by atoms with Crippen LogP contribution in [0.1, 0.15) is 17.0 Å². The van der Waals surface area contributed by atoms with Crippen LogP contribution in [0.15, 0.2) is 66.3 Å². The van der Waals surface area contributed by atoms with E-state index in [1.54, 1.807) is 6.08 Å². The molecule has 5 unspecified atom stereocenters. The summed E-state index contributed by atoms with van der Waals surface area (Å²) in [7, 11) is 0. The molecular formula is C20H16O2. The van der Waals surface area contributed by atoms with Crippen molar-refractivity contribution in [2.45, 2.75) is 18.1 Å². The number of fused-ring (bicyclic) bond motifs is 4. The molecule has 2 heteroatoms. The third kappa shape index (κ3) is 1.56. The number of rotatable bonds is 0. The van der Waals surface area contributed by atoms with Crippen LogP contribution in [0, 0.1) is 11.8 Å². The van der Waals surface area contributed by atoms with Crippen molar-refractivity contribution in [3.8, 4) is 0 Å². The van der Waals surface area contributed by atoms with E-state index in [0.29, 0.717) is 0 Å². The highest BCUT2D eigenvalue weighted by Crippen LogP contribution is 2.51. The summed E-state index contributed by atoms with van der Waals surface area (Å²) < 4.78 is 6.34. The van der Waals surface area contributed by atoms with Crippen LogP contribution in [0.25, 0.3) is 6.08 Å². The fourth-order valence-corrected chi connectivity index (χ4v) is 4.44. The van der Waals surface area contributed by atoms with Gasteiger partial charge < -0.3 is 4.74 Å². The fraction of sp³-hybridized carbons (Fsp3) is 0.250. The first-order valence-corrected chi connectivity index (χ1v) is 7.86. The Balaban J connectivity index is 1.70. The molecule has 1 aliphatic heterocycles. The first-order valence-electron chi connectivity index (χ1n) is 7.86. The van der Waals surface area contributed by atoms with Crippen LogP contribution in [0.4, 0.5) is 0 Å². The molecule has 5 atom stereocenters. The van der Waals surface area contributed by atoms with Crippen molar-refractivity contribution in [3.05, 3.63) is 77.4 Å². The highest BCUT2D eigenvalue weighted by Gasteiger charge is 2.51. The van der Waals surface area contributed by atoms with Crippen molar-refractivity contribution in [2.24, 2.45) is 11.8 Å². The predicted octanol–water partition coefficient (Wildman–Crippen LogP) is 3.43. The number of hydrogen-bond acceptors (Lipinski definition) is 2. The van der Waals surface area contributed by atoms with Crippen molar-refractivity contribution in [1.29, 1.82) is 0 Å². The summed E-state index contributed by atoms with van der Waals surface area (Å²) in [5.41, 5.74) is 3.68. The molecule has 108 valence electrons. The normalized spacial score (nSPS) is 37.2. The Morgan fingerprint density at radius 2 is 1.73 bits per heavy atom. The minimum atomic E-state index is -0.0175. The lowest BCUT2D eigenvalue weighted by Gasteiger charge is -2.49. The predicted molar refractivity (Wildman–Crippen MR) is 85.2 cm³/mol. The topological polar surface area (TPSA) is 26.3 Å². The summed E-state index contributed by atoms with van der Waals surface area (Å²) in [6, 6.07) is 8.37. The Morgan fingerprint density at radius 3 is 2.68 bits per heavy atom. The van der Waals surface area contributed by atoms with E-state index in [0.717, 1.165) is 0 Å². The Kier molecular flexibility index (Phi) is 2.47. The average molecular weight is 288 g/mol. The largest absolute Gasteiger partial charge is 0.366 e. The quantitative estimate of drug-likeness (QED) is 0.731. The molecule has 0 bridgehead atoms. The number of benzene rings is 1. The lowest BCUT2D eigenvalue weighted by molar-refractivity contribution is -0.132. The standard InChI is InChI=1S/C20H16O2/c21-15-10-8-13-5-3-7-16-18(13)20(15)19-14-6-2-1-4-12(14)9-11-17(19)22-16/h1-11,16-20H. The zero-order valence-electron chi connectivity index (χ0n) is 12.1. The SMILES string of the molecule is O=C1C=CC2=CC=CC3OC4C=Cc5ccccc5C4C1C23. The van der Waals surface area contributed by atoms with Crippen LogP contribution in [0.3, 0.4) is 0 Å². The molecule has 1 aromatic rings. The lowest BCUT2D eigenvalue weighted by Crippen LogP contribution is -2.50. The van der Waals surface area contributed by atoms with Gasteiger partial charge in [-0.15, -0.1) is 0 Å². The fourth-order valence-electron chi connectivity index (χ4n) is 4.44. The highest BCUT2D eigenvalue weighted by atomic mass is 16.5. The van der Waals surface area contributed by atoms with E-state index in [1.165, 1.54) is 16.7 Å². The van der Waals surface area contributed by atoms with Crippen molar-refractivity contribution < 1.29 is 9.53 Å². The molecule has 1 heterocycles. The van der Waals surface area contributed by atoms with E-state index >= 15 is 0 Å². The molecule has 0 amide bonds. The Morgan fingerprint density at radius 1 is 0.864 bits per heavy atom. The molecule has 0 N–H and O–H groups in total. The second-order valence-electron chi connectivity index (χ2n) is 6.42. The van der Waals surface area contributed by atoms with Crippen molar-refractivity contribution in [1.82, 2.24) is 0 Å². The monoisotopic (exact) mass is 288 g/mol. The number of carbonyl (C=O) groups excluding carboxylic acids is 1. The minimum absolute atomic E-state index is 0.00932. The lowest BCUT2D eigenvalue weighted by atomic mass is 9.62. The maximum absolute atomic E-state index is 12.7. The summed E-state index contributed by atoms with van der Waals surface area (Å²) in [4.78, 5) is 12.7. The van der Waals surface area contributed by atoms with Gasteiger partial charge >= 0.3 is 0 Å². The van der Waals surface area contributed by atoms with Crippen molar-refractivity contribution in [3.63, 3.8) is 0 Å². The van der Waals surface area contributed by atoms with Gasteiger partial charge in [0, 0.05) is 17.8 Å². The van der Waals surface area contributed by atoms with Crippen LogP contribution in [0.5, 0.6) is 0 Å².